The van der Waals surface area contributed by atoms with Crippen LogP contribution in [0.2, 0.25) is 0 Å². The monoisotopic (exact) mass is 526 g/mol. The first-order valence-corrected chi connectivity index (χ1v) is 14.2. The molecule has 0 unspecified atom stereocenters. The number of hydrogen-bond donors (Lipinski definition) is 1. The van der Waals surface area contributed by atoms with Crippen LogP contribution in [0.1, 0.15) is 48.8 Å². The van der Waals surface area contributed by atoms with Crippen molar-refractivity contribution in [2.45, 2.75) is 57.1 Å². The molecule has 1 aliphatic heterocycles. The van der Waals surface area contributed by atoms with E-state index in [0.717, 1.165) is 34.4 Å². The Labute approximate surface area is 226 Å². The maximum Gasteiger partial charge on any atom is 0.262 e. The molecule has 1 amide bonds. The molecule has 1 saturated heterocycles. The molecule has 1 N–H and O–H groups in total. The van der Waals surface area contributed by atoms with E-state index in [9.17, 15) is 14.7 Å². The van der Waals surface area contributed by atoms with Gasteiger partial charge < -0.3 is 10.0 Å². The maximum absolute atomic E-state index is 13.4. The summed E-state index contributed by atoms with van der Waals surface area (Å²) in [5, 5.41) is 13.8. The Morgan fingerprint density at radius 2 is 1.87 bits per heavy atom. The molecule has 7 heteroatoms. The highest BCUT2D eigenvalue weighted by molar-refractivity contribution is 7.15. The Balaban J connectivity index is 1.13. The molecule has 6 nitrogen and oxygen atoms in total. The first kappa shape index (κ1) is 25.0. The maximum atomic E-state index is 13.4. The number of aromatic nitrogens is 2. The molecule has 0 saturated carbocycles. The number of amides is 1. The minimum absolute atomic E-state index is 0.110. The van der Waals surface area contributed by atoms with E-state index in [2.05, 4.69) is 48.7 Å². The van der Waals surface area contributed by atoms with Crippen molar-refractivity contribution in [2.24, 2.45) is 0 Å². The van der Waals surface area contributed by atoms with E-state index in [4.69, 9.17) is 0 Å². The number of rotatable bonds is 6. The van der Waals surface area contributed by atoms with Crippen LogP contribution >= 0.6 is 11.3 Å². The van der Waals surface area contributed by atoms with E-state index >= 15 is 0 Å². The lowest BCUT2D eigenvalue weighted by Gasteiger charge is -2.38. The molecule has 1 aliphatic carbocycles. The van der Waals surface area contributed by atoms with Gasteiger partial charge >= 0.3 is 0 Å². The Hall–Kier alpha value is -3.29. The molecule has 2 aliphatic rings. The fourth-order valence-electron chi connectivity index (χ4n) is 5.76. The van der Waals surface area contributed by atoms with Crippen LogP contribution in [0.5, 0.6) is 0 Å². The molecular weight excluding hydrogens is 494 g/mol. The van der Waals surface area contributed by atoms with Crippen LogP contribution in [0.25, 0.3) is 21.3 Å². The summed E-state index contributed by atoms with van der Waals surface area (Å²) in [5.41, 5.74) is 4.52. The largest absolute Gasteiger partial charge is 0.388 e. The Morgan fingerprint density at radius 3 is 2.66 bits per heavy atom. The zero-order valence-electron chi connectivity index (χ0n) is 21.6. The number of fused-ring (bicyclic) bond motifs is 2. The van der Waals surface area contributed by atoms with Crippen LogP contribution in [0.15, 0.2) is 65.0 Å². The van der Waals surface area contributed by atoms with Gasteiger partial charge in [-0.2, -0.15) is 0 Å². The second-order valence-corrected chi connectivity index (χ2v) is 11.7. The first-order chi connectivity index (χ1) is 18.4. The lowest BCUT2D eigenvalue weighted by molar-refractivity contribution is -0.136. The Kier molecular flexibility index (Phi) is 6.66. The first-order valence-electron chi connectivity index (χ1n) is 13.4. The Morgan fingerprint density at radius 1 is 1.11 bits per heavy atom. The number of carbonyl (C=O) groups excluding carboxylic acids is 1. The highest BCUT2D eigenvalue weighted by Gasteiger charge is 2.35. The smallest absolute Gasteiger partial charge is 0.262 e. The summed E-state index contributed by atoms with van der Waals surface area (Å²) in [7, 11) is 0. The molecule has 1 fully saturated rings. The third kappa shape index (κ3) is 4.81. The zero-order valence-corrected chi connectivity index (χ0v) is 22.4. The van der Waals surface area contributed by atoms with E-state index in [1.54, 1.807) is 17.7 Å². The van der Waals surface area contributed by atoms with Crippen LogP contribution < -0.4 is 5.56 Å². The average Bonchev–Trinajstić information content (AvgIpc) is 3.58. The van der Waals surface area contributed by atoms with Gasteiger partial charge in [-0.25, -0.2) is 4.98 Å². The SMILES string of the molecule is C[C@H](CC(=O)N1CCC(O)(Cn2cnc3c(-c4ccc5c(c4)C[CH]C5)scc3c2=O)CC1)c1ccccc1. The third-order valence-electron chi connectivity index (χ3n) is 8.14. The van der Waals surface area contributed by atoms with Gasteiger partial charge in [-0.1, -0.05) is 49.4 Å². The number of benzene rings is 2. The molecule has 1 atom stereocenters. The summed E-state index contributed by atoms with van der Waals surface area (Å²) in [4.78, 5) is 33.8. The number of nitrogens with zero attached hydrogens (tertiary/aromatic N) is 3. The molecule has 38 heavy (non-hydrogen) atoms. The number of likely N-dealkylation sites (tertiary alicyclic amines) is 1. The van der Waals surface area contributed by atoms with Crippen molar-refractivity contribution in [3.63, 3.8) is 0 Å². The predicted molar refractivity (Wildman–Crippen MR) is 151 cm³/mol. The number of aliphatic hydroxyl groups is 1. The van der Waals surface area contributed by atoms with Crippen LogP contribution in [-0.2, 0) is 24.2 Å². The van der Waals surface area contributed by atoms with Gasteiger partial charge in [-0.3, -0.25) is 14.2 Å². The zero-order chi connectivity index (χ0) is 26.3. The third-order valence-corrected chi connectivity index (χ3v) is 9.16. The van der Waals surface area contributed by atoms with E-state index in [-0.39, 0.29) is 23.9 Å². The van der Waals surface area contributed by atoms with E-state index in [0.29, 0.717) is 37.7 Å². The fraction of sp³-hybridized carbons (Fsp3) is 0.355. The van der Waals surface area contributed by atoms with E-state index in [1.807, 2.05) is 28.5 Å². The normalized spacial score (nSPS) is 17.5. The summed E-state index contributed by atoms with van der Waals surface area (Å²) >= 11 is 1.54. The second-order valence-electron chi connectivity index (χ2n) is 10.8. The summed E-state index contributed by atoms with van der Waals surface area (Å²) in [6, 6.07) is 16.6. The summed E-state index contributed by atoms with van der Waals surface area (Å²) in [6.07, 6.45) is 7.18. The topological polar surface area (TPSA) is 75.4 Å². The van der Waals surface area contributed by atoms with Gasteiger partial charge in [0, 0.05) is 24.9 Å². The van der Waals surface area contributed by atoms with E-state index < -0.39 is 5.60 Å². The van der Waals surface area contributed by atoms with Crippen molar-refractivity contribution in [2.75, 3.05) is 13.1 Å². The number of carbonyl (C=O) groups is 1. The van der Waals surface area contributed by atoms with Crippen molar-refractivity contribution < 1.29 is 9.90 Å². The van der Waals surface area contributed by atoms with Crippen molar-refractivity contribution in [3.05, 3.63) is 93.7 Å². The molecule has 4 aromatic rings. The highest BCUT2D eigenvalue weighted by Crippen LogP contribution is 2.35. The van der Waals surface area contributed by atoms with Gasteiger partial charge in [0.2, 0.25) is 5.91 Å². The number of hydrogen-bond acceptors (Lipinski definition) is 5. The lowest BCUT2D eigenvalue weighted by Crippen LogP contribution is -2.49. The van der Waals surface area contributed by atoms with Gasteiger partial charge in [0.05, 0.1) is 34.3 Å². The van der Waals surface area contributed by atoms with Crippen LogP contribution in [-0.4, -0.2) is 44.2 Å². The minimum atomic E-state index is -1.05. The lowest BCUT2D eigenvalue weighted by atomic mass is 9.90. The molecule has 195 valence electrons. The summed E-state index contributed by atoms with van der Waals surface area (Å²) in [5.74, 6) is 0.255. The molecular formula is C31H32N3O3S. The van der Waals surface area contributed by atoms with Gasteiger partial charge in [-0.05, 0) is 66.3 Å². The molecule has 6 rings (SSSR count). The van der Waals surface area contributed by atoms with Crippen LogP contribution in [0.3, 0.4) is 0 Å². The molecule has 2 aromatic carbocycles. The van der Waals surface area contributed by atoms with Crippen molar-refractivity contribution in [1.29, 1.82) is 0 Å². The summed E-state index contributed by atoms with van der Waals surface area (Å²) < 4.78 is 1.53. The molecule has 1 radical (unpaired) electrons. The average molecular weight is 527 g/mol. The molecule has 2 aromatic heterocycles. The number of piperidine rings is 1. The quantitative estimate of drug-likeness (QED) is 0.385. The predicted octanol–water partition coefficient (Wildman–Crippen LogP) is 4.98. The van der Waals surface area contributed by atoms with Gasteiger partial charge in [0.15, 0.2) is 0 Å². The number of thiophene rings is 1. The minimum Gasteiger partial charge on any atom is -0.388 e. The Bertz CT molecular complexity index is 1530. The van der Waals surface area contributed by atoms with E-state index in [1.165, 1.54) is 15.7 Å². The fourth-order valence-corrected chi connectivity index (χ4v) is 6.75. The van der Waals surface area contributed by atoms with Crippen molar-refractivity contribution in [3.8, 4) is 10.4 Å². The van der Waals surface area contributed by atoms with Gasteiger partial charge in [0.1, 0.15) is 0 Å². The molecule has 0 bridgehead atoms. The van der Waals surface area contributed by atoms with Crippen LogP contribution in [0.4, 0.5) is 0 Å². The van der Waals surface area contributed by atoms with Crippen molar-refractivity contribution >= 4 is 28.1 Å². The second kappa shape index (κ2) is 10.1. The van der Waals surface area contributed by atoms with Crippen molar-refractivity contribution in [1.82, 2.24) is 14.5 Å². The molecule has 0 spiro atoms. The standard InChI is InChI=1S/C31H32N3O3S/c1-21(22-6-3-2-4-7-22)16-27(35)33-14-12-31(37,13-15-33)19-34-20-32-28-26(30(34)36)18-38-29(28)25-11-10-23-8-5-9-24(23)17-25/h2-7,10-11,17-18,20-21,37H,8-9,12-16,19H2,1H3/t21-/m1/s1. The van der Waals surface area contributed by atoms with Crippen LogP contribution in [0, 0.1) is 6.42 Å². The van der Waals surface area contributed by atoms with Gasteiger partial charge in [0.25, 0.3) is 5.56 Å². The highest BCUT2D eigenvalue weighted by atomic mass is 32.1. The van der Waals surface area contributed by atoms with Gasteiger partial charge in [-0.15, -0.1) is 11.3 Å². The summed E-state index contributed by atoms with van der Waals surface area (Å²) in [6.45, 7) is 3.22. The molecule has 3 heterocycles.